The van der Waals surface area contributed by atoms with E-state index in [9.17, 15) is 0 Å². The molecule has 4 nitrogen and oxygen atoms in total. The summed E-state index contributed by atoms with van der Waals surface area (Å²) < 4.78 is 0. The molecule has 1 heterocycles. The van der Waals surface area contributed by atoms with Gasteiger partial charge in [-0.2, -0.15) is 0 Å². The van der Waals surface area contributed by atoms with Crippen LogP contribution in [-0.2, 0) is 0 Å². The Kier molecular flexibility index (Phi) is 8.26. The molecular weight excluding hydrogens is 308 g/mol. The highest BCUT2D eigenvalue weighted by Gasteiger charge is 2.20. The Hall–Kier alpha value is -1.55. The third kappa shape index (κ3) is 6.35. The predicted molar refractivity (Wildman–Crippen MR) is 108 cm³/mol. The van der Waals surface area contributed by atoms with Crippen molar-refractivity contribution in [3.63, 3.8) is 0 Å². The van der Waals surface area contributed by atoms with Crippen LogP contribution in [0.1, 0.15) is 51.5 Å². The van der Waals surface area contributed by atoms with Crippen LogP contribution >= 0.6 is 0 Å². The van der Waals surface area contributed by atoms with Crippen molar-refractivity contribution in [2.75, 3.05) is 33.2 Å². The molecule has 0 spiro atoms. The molecule has 0 saturated carbocycles. The lowest BCUT2D eigenvalue weighted by Gasteiger charge is -2.33. The zero-order valence-corrected chi connectivity index (χ0v) is 16.5. The summed E-state index contributed by atoms with van der Waals surface area (Å²) in [7, 11) is 1.87. The number of guanidine groups is 1. The van der Waals surface area contributed by atoms with E-state index in [1.165, 1.54) is 44.5 Å². The van der Waals surface area contributed by atoms with Gasteiger partial charge in [0.25, 0.3) is 0 Å². The lowest BCUT2D eigenvalue weighted by atomic mass is 9.88. The van der Waals surface area contributed by atoms with Gasteiger partial charge in [0.15, 0.2) is 5.96 Å². The highest BCUT2D eigenvalue weighted by atomic mass is 15.2. The van der Waals surface area contributed by atoms with Crippen molar-refractivity contribution in [3.8, 4) is 0 Å². The van der Waals surface area contributed by atoms with Gasteiger partial charge in [0.2, 0.25) is 0 Å². The van der Waals surface area contributed by atoms with E-state index in [0.717, 1.165) is 12.5 Å². The van der Waals surface area contributed by atoms with E-state index in [-0.39, 0.29) is 0 Å². The number of aliphatic imine (C=N–C) groups is 1. The topological polar surface area (TPSA) is 39.7 Å². The molecule has 140 valence electrons. The first-order chi connectivity index (χ1) is 12.1. The van der Waals surface area contributed by atoms with Gasteiger partial charge in [0.05, 0.1) is 0 Å². The van der Waals surface area contributed by atoms with Crippen molar-refractivity contribution in [1.29, 1.82) is 0 Å². The molecule has 1 aliphatic heterocycles. The smallest absolute Gasteiger partial charge is 0.191 e. The second-order valence-corrected chi connectivity index (χ2v) is 7.47. The highest BCUT2D eigenvalue weighted by Crippen LogP contribution is 2.23. The summed E-state index contributed by atoms with van der Waals surface area (Å²) in [6, 6.07) is 11.3. The number of likely N-dealkylation sites (tertiary alicyclic amines) is 1. The number of benzene rings is 1. The highest BCUT2D eigenvalue weighted by molar-refractivity contribution is 5.80. The molecule has 0 amide bonds. The molecular formula is C21H36N4. The van der Waals surface area contributed by atoms with Crippen LogP contribution in [0.2, 0.25) is 0 Å². The Bertz CT molecular complexity index is 504. The monoisotopic (exact) mass is 344 g/mol. The van der Waals surface area contributed by atoms with Crippen molar-refractivity contribution < 1.29 is 0 Å². The van der Waals surface area contributed by atoms with Crippen molar-refractivity contribution in [2.24, 2.45) is 10.9 Å². The molecule has 1 saturated heterocycles. The van der Waals surface area contributed by atoms with E-state index in [1.807, 2.05) is 7.05 Å². The zero-order valence-electron chi connectivity index (χ0n) is 16.5. The minimum Gasteiger partial charge on any atom is -0.356 e. The second-order valence-electron chi connectivity index (χ2n) is 7.47. The molecule has 0 aromatic heterocycles. The molecule has 0 radical (unpaired) electrons. The third-order valence-corrected chi connectivity index (χ3v) is 5.21. The predicted octanol–water partition coefficient (Wildman–Crippen LogP) is 3.47. The zero-order chi connectivity index (χ0) is 18.1. The Labute approximate surface area is 154 Å². The van der Waals surface area contributed by atoms with Gasteiger partial charge in [-0.05, 0) is 37.3 Å². The molecule has 2 N–H and O–H groups in total. The molecule has 1 unspecified atom stereocenters. The maximum absolute atomic E-state index is 4.44. The fourth-order valence-electron chi connectivity index (χ4n) is 3.65. The molecule has 1 atom stereocenters. The molecule has 1 fully saturated rings. The van der Waals surface area contributed by atoms with Crippen LogP contribution < -0.4 is 10.6 Å². The number of piperidine rings is 1. The Balaban J connectivity index is 1.83. The van der Waals surface area contributed by atoms with Gasteiger partial charge in [-0.15, -0.1) is 0 Å². The molecule has 1 aromatic rings. The molecule has 4 heteroatoms. The quantitative estimate of drug-likeness (QED) is 0.588. The van der Waals surface area contributed by atoms with Crippen molar-refractivity contribution in [3.05, 3.63) is 35.9 Å². The van der Waals surface area contributed by atoms with Crippen LogP contribution in [0.4, 0.5) is 0 Å². The van der Waals surface area contributed by atoms with Crippen molar-refractivity contribution >= 4 is 5.96 Å². The Morgan fingerprint density at radius 2 is 1.88 bits per heavy atom. The third-order valence-electron chi connectivity index (χ3n) is 5.21. The molecule has 0 aliphatic carbocycles. The first-order valence-electron chi connectivity index (χ1n) is 9.88. The molecule has 1 aliphatic rings. The van der Waals surface area contributed by atoms with E-state index in [4.69, 9.17) is 0 Å². The van der Waals surface area contributed by atoms with E-state index >= 15 is 0 Å². The SMILES string of the molecule is CCCN1CCC(NC(=NC)NCC(c2ccccc2)C(C)C)CC1. The second kappa shape index (κ2) is 10.4. The fraction of sp³-hybridized carbons (Fsp3) is 0.667. The minimum absolute atomic E-state index is 0.492. The van der Waals surface area contributed by atoms with Crippen LogP contribution in [0.15, 0.2) is 35.3 Å². The Morgan fingerprint density at radius 1 is 1.20 bits per heavy atom. The molecule has 25 heavy (non-hydrogen) atoms. The van der Waals surface area contributed by atoms with Gasteiger partial charge in [-0.1, -0.05) is 51.1 Å². The summed E-state index contributed by atoms with van der Waals surface area (Å²) in [5.41, 5.74) is 1.40. The lowest BCUT2D eigenvalue weighted by Crippen LogP contribution is -2.49. The van der Waals surface area contributed by atoms with Crippen LogP contribution in [-0.4, -0.2) is 50.1 Å². The fourth-order valence-corrected chi connectivity index (χ4v) is 3.65. The first-order valence-corrected chi connectivity index (χ1v) is 9.88. The van der Waals surface area contributed by atoms with Crippen molar-refractivity contribution in [2.45, 2.75) is 52.0 Å². The maximum Gasteiger partial charge on any atom is 0.191 e. The van der Waals surface area contributed by atoms with Gasteiger partial charge in [-0.3, -0.25) is 4.99 Å². The average molecular weight is 345 g/mol. The van der Waals surface area contributed by atoms with Gasteiger partial charge in [0, 0.05) is 38.6 Å². The van der Waals surface area contributed by atoms with E-state index in [1.54, 1.807) is 0 Å². The number of nitrogens with zero attached hydrogens (tertiary/aromatic N) is 2. The summed E-state index contributed by atoms with van der Waals surface area (Å²) in [4.78, 5) is 7.01. The molecule has 2 rings (SSSR count). The number of hydrogen-bond donors (Lipinski definition) is 2. The molecule has 1 aromatic carbocycles. The summed E-state index contributed by atoms with van der Waals surface area (Å²) in [5.74, 6) is 2.02. The largest absolute Gasteiger partial charge is 0.356 e. The normalized spacial score (nSPS) is 18.4. The summed E-state index contributed by atoms with van der Waals surface area (Å²) in [5, 5.41) is 7.18. The number of nitrogens with one attached hydrogen (secondary N) is 2. The number of hydrogen-bond acceptors (Lipinski definition) is 2. The van der Waals surface area contributed by atoms with Crippen LogP contribution in [0.5, 0.6) is 0 Å². The van der Waals surface area contributed by atoms with Gasteiger partial charge in [-0.25, -0.2) is 0 Å². The van der Waals surface area contributed by atoms with Gasteiger partial charge >= 0.3 is 0 Å². The van der Waals surface area contributed by atoms with Gasteiger partial charge < -0.3 is 15.5 Å². The van der Waals surface area contributed by atoms with Crippen LogP contribution in [0.25, 0.3) is 0 Å². The minimum atomic E-state index is 0.492. The van der Waals surface area contributed by atoms with Gasteiger partial charge in [0.1, 0.15) is 0 Å². The standard InChI is InChI=1S/C21H36N4/c1-5-13-25-14-11-19(12-15-25)24-21(22-4)23-16-20(17(2)3)18-9-7-6-8-10-18/h6-10,17,19-20H,5,11-16H2,1-4H3,(H2,22,23,24). The Morgan fingerprint density at radius 3 is 2.44 bits per heavy atom. The van der Waals surface area contributed by atoms with Crippen LogP contribution in [0.3, 0.4) is 0 Å². The molecule has 0 bridgehead atoms. The summed E-state index contributed by atoms with van der Waals surface area (Å²) in [6.45, 7) is 11.4. The van der Waals surface area contributed by atoms with Crippen molar-refractivity contribution in [1.82, 2.24) is 15.5 Å². The van der Waals surface area contributed by atoms with E-state index in [0.29, 0.717) is 17.9 Å². The summed E-state index contributed by atoms with van der Waals surface area (Å²) in [6.07, 6.45) is 3.65. The van der Waals surface area contributed by atoms with E-state index in [2.05, 4.69) is 71.6 Å². The number of rotatable bonds is 7. The van der Waals surface area contributed by atoms with E-state index < -0.39 is 0 Å². The average Bonchev–Trinajstić information content (AvgIpc) is 2.63. The summed E-state index contributed by atoms with van der Waals surface area (Å²) >= 11 is 0. The lowest BCUT2D eigenvalue weighted by molar-refractivity contribution is 0.206. The van der Waals surface area contributed by atoms with Crippen LogP contribution in [0, 0.1) is 5.92 Å². The first kappa shape index (κ1) is 19.8. The maximum atomic E-state index is 4.44.